The molecule has 0 spiro atoms. The van der Waals surface area contributed by atoms with Gasteiger partial charge in [-0.2, -0.15) is 13.2 Å². The number of benzene rings is 2. The molecule has 0 N–H and O–H groups in total. The van der Waals surface area contributed by atoms with Crippen molar-refractivity contribution >= 4 is 23.2 Å². The minimum atomic E-state index is -4.44. The van der Waals surface area contributed by atoms with E-state index in [1.807, 2.05) is 52.3 Å². The number of fused-ring (bicyclic) bond motifs is 3. The zero-order chi connectivity index (χ0) is 30.6. The molecule has 1 fully saturated rings. The first kappa shape index (κ1) is 30.5. The molecule has 2 bridgehead atoms. The summed E-state index contributed by atoms with van der Waals surface area (Å²) in [7, 11) is 1.70. The molecule has 0 saturated carbocycles. The van der Waals surface area contributed by atoms with Gasteiger partial charge in [-0.3, -0.25) is 19.5 Å². The molecule has 0 radical (unpaired) electrons. The molecular weight excluding hydrogens is 555 g/mol. The van der Waals surface area contributed by atoms with Gasteiger partial charge in [0, 0.05) is 82.8 Å². The molecule has 3 heterocycles. The number of hydrogen-bond donors (Lipinski definition) is 0. The number of alkyl halides is 3. The van der Waals surface area contributed by atoms with Crippen LogP contribution >= 0.6 is 0 Å². The fraction of sp³-hybridized carbons (Fsp3) is 0.424. The van der Waals surface area contributed by atoms with Crippen LogP contribution < -0.4 is 9.80 Å². The van der Waals surface area contributed by atoms with E-state index in [0.29, 0.717) is 31.9 Å². The Bertz CT molecular complexity index is 1420. The first-order valence-electron chi connectivity index (χ1n) is 14.8. The fourth-order valence-corrected chi connectivity index (χ4v) is 6.28. The molecule has 2 aliphatic rings. The molecule has 0 aliphatic carbocycles. The van der Waals surface area contributed by atoms with Gasteiger partial charge in [0.1, 0.15) is 0 Å². The standard InChI is InChI=1S/C33H38F3N5O2/c1-24(42)40-19-15-28-13-14-30(41(28)22-27-10-5-6-17-37-27)23-39(21-25-8-3-4-12-31(25)40)32(43)16-18-38(2)29-11-7-9-26(20-29)33(34,35)36/h3-12,17,20,28,30H,13-16,18-19,21-23H2,1-2H3/t28-,30+/m0/s1. The fourth-order valence-electron chi connectivity index (χ4n) is 6.28. The SMILES string of the molecule is CC(=O)N1CC[C@@H]2CC[C@H](CN(C(=O)CCN(C)c3cccc(C(F)(F)F)c3)Cc3ccccc31)N2Cc1ccccn1. The summed E-state index contributed by atoms with van der Waals surface area (Å²) in [6, 6.07) is 19.1. The number of para-hydroxylation sites is 1. The van der Waals surface area contributed by atoms with E-state index in [4.69, 9.17) is 0 Å². The van der Waals surface area contributed by atoms with E-state index in [2.05, 4.69) is 9.88 Å². The zero-order valence-electron chi connectivity index (χ0n) is 24.6. The highest BCUT2D eigenvalue weighted by Gasteiger charge is 2.37. The van der Waals surface area contributed by atoms with Gasteiger partial charge in [0.2, 0.25) is 11.8 Å². The second-order valence-corrected chi connectivity index (χ2v) is 11.5. The number of nitrogens with zero attached hydrogens (tertiary/aromatic N) is 5. The van der Waals surface area contributed by atoms with Crippen LogP contribution in [0.1, 0.15) is 49.4 Å². The van der Waals surface area contributed by atoms with E-state index in [1.165, 1.54) is 6.07 Å². The Kier molecular flexibility index (Phi) is 9.34. The predicted octanol–water partition coefficient (Wildman–Crippen LogP) is 5.75. The van der Waals surface area contributed by atoms with Crippen LogP contribution in [0.2, 0.25) is 0 Å². The van der Waals surface area contributed by atoms with Crippen molar-refractivity contribution in [2.75, 3.05) is 36.5 Å². The van der Waals surface area contributed by atoms with Crippen LogP contribution in [-0.2, 0) is 28.9 Å². The van der Waals surface area contributed by atoms with E-state index < -0.39 is 11.7 Å². The summed E-state index contributed by atoms with van der Waals surface area (Å²) in [5.41, 5.74) is 2.35. The van der Waals surface area contributed by atoms with E-state index in [9.17, 15) is 22.8 Å². The number of amides is 2. The Hall–Kier alpha value is -3.92. The second kappa shape index (κ2) is 13.2. The van der Waals surface area contributed by atoms with Gasteiger partial charge in [0.05, 0.1) is 11.3 Å². The highest BCUT2D eigenvalue weighted by Crippen LogP contribution is 2.33. The average Bonchev–Trinajstić information content (AvgIpc) is 3.35. The lowest BCUT2D eigenvalue weighted by Crippen LogP contribution is -2.45. The maximum absolute atomic E-state index is 13.9. The predicted molar refractivity (Wildman–Crippen MR) is 160 cm³/mol. The summed E-state index contributed by atoms with van der Waals surface area (Å²) in [5, 5.41) is 0. The molecule has 2 aliphatic heterocycles. The van der Waals surface area contributed by atoms with Crippen molar-refractivity contribution in [3.8, 4) is 0 Å². The molecule has 0 unspecified atom stereocenters. The molecule has 2 amide bonds. The number of hydrogen-bond acceptors (Lipinski definition) is 5. The Morgan fingerprint density at radius 1 is 0.977 bits per heavy atom. The lowest BCUT2D eigenvalue weighted by Gasteiger charge is -2.34. The summed E-state index contributed by atoms with van der Waals surface area (Å²) in [5.74, 6) is -0.124. The number of halogens is 3. The number of rotatable bonds is 6. The lowest BCUT2D eigenvalue weighted by atomic mass is 10.1. The van der Waals surface area contributed by atoms with Crippen LogP contribution in [-0.4, -0.2) is 65.4 Å². The van der Waals surface area contributed by atoms with Crippen LogP contribution in [0.4, 0.5) is 24.5 Å². The molecular formula is C33H38F3N5O2. The first-order valence-corrected chi connectivity index (χ1v) is 14.8. The van der Waals surface area contributed by atoms with E-state index in [1.54, 1.807) is 31.1 Å². The van der Waals surface area contributed by atoms with Crippen molar-refractivity contribution < 1.29 is 22.8 Å². The van der Waals surface area contributed by atoms with Crippen molar-refractivity contribution in [1.29, 1.82) is 0 Å². The van der Waals surface area contributed by atoms with Crippen molar-refractivity contribution in [1.82, 2.24) is 14.8 Å². The van der Waals surface area contributed by atoms with E-state index in [0.717, 1.165) is 48.3 Å². The Morgan fingerprint density at radius 2 is 1.74 bits per heavy atom. The lowest BCUT2D eigenvalue weighted by molar-refractivity contribution is -0.137. The maximum atomic E-state index is 13.9. The molecule has 5 rings (SSSR count). The van der Waals surface area contributed by atoms with Gasteiger partial charge in [0.15, 0.2) is 0 Å². The number of carbonyl (C=O) groups excluding carboxylic acids is 2. The van der Waals surface area contributed by atoms with Gasteiger partial charge >= 0.3 is 6.18 Å². The van der Waals surface area contributed by atoms with Crippen LogP contribution in [0, 0.1) is 0 Å². The number of anilines is 2. The monoisotopic (exact) mass is 593 g/mol. The minimum absolute atomic E-state index is 0.0434. The third-order valence-corrected chi connectivity index (χ3v) is 8.61. The molecule has 7 nitrogen and oxygen atoms in total. The van der Waals surface area contributed by atoms with Gasteiger partial charge in [-0.15, -0.1) is 0 Å². The van der Waals surface area contributed by atoms with Gasteiger partial charge in [-0.05, 0) is 61.2 Å². The number of pyridine rings is 1. The molecule has 2 aromatic carbocycles. The summed E-state index contributed by atoms with van der Waals surface area (Å²) < 4.78 is 39.8. The number of carbonyl (C=O) groups is 2. The molecule has 2 atom stereocenters. The smallest absolute Gasteiger partial charge is 0.374 e. The summed E-state index contributed by atoms with van der Waals surface area (Å²) >= 11 is 0. The molecule has 1 aromatic heterocycles. The van der Waals surface area contributed by atoms with Crippen LogP contribution in [0.5, 0.6) is 0 Å². The third-order valence-electron chi connectivity index (χ3n) is 8.61. The summed E-state index contributed by atoms with van der Waals surface area (Å²) in [6.07, 6.45) is 0.191. The van der Waals surface area contributed by atoms with Crippen molar-refractivity contribution in [3.63, 3.8) is 0 Å². The van der Waals surface area contributed by atoms with Crippen molar-refractivity contribution in [2.45, 2.75) is 64.0 Å². The molecule has 43 heavy (non-hydrogen) atoms. The summed E-state index contributed by atoms with van der Waals surface area (Å²) in [6.45, 7) is 3.94. The normalized spacial score (nSPS) is 19.5. The minimum Gasteiger partial charge on any atom is -0.374 e. The Morgan fingerprint density at radius 3 is 2.49 bits per heavy atom. The van der Waals surface area contributed by atoms with Gasteiger partial charge < -0.3 is 14.7 Å². The number of aromatic nitrogens is 1. The highest BCUT2D eigenvalue weighted by molar-refractivity contribution is 5.92. The van der Waals surface area contributed by atoms with Crippen LogP contribution in [0.3, 0.4) is 0 Å². The topological polar surface area (TPSA) is 60.0 Å². The van der Waals surface area contributed by atoms with Gasteiger partial charge in [-0.25, -0.2) is 0 Å². The summed E-state index contributed by atoms with van der Waals surface area (Å²) in [4.78, 5) is 39.1. The average molecular weight is 594 g/mol. The zero-order valence-corrected chi connectivity index (χ0v) is 24.6. The molecule has 3 aromatic rings. The molecule has 1 saturated heterocycles. The van der Waals surface area contributed by atoms with Crippen LogP contribution in [0.15, 0.2) is 72.9 Å². The molecule has 10 heteroatoms. The first-order chi connectivity index (χ1) is 20.6. The maximum Gasteiger partial charge on any atom is 0.416 e. The van der Waals surface area contributed by atoms with Gasteiger partial charge in [-0.1, -0.05) is 30.3 Å². The highest BCUT2D eigenvalue weighted by atomic mass is 19.4. The third kappa shape index (κ3) is 7.36. The van der Waals surface area contributed by atoms with E-state index >= 15 is 0 Å². The molecule has 228 valence electrons. The van der Waals surface area contributed by atoms with Crippen molar-refractivity contribution in [2.24, 2.45) is 0 Å². The quantitative estimate of drug-likeness (QED) is 0.365. The Balaban J connectivity index is 1.40. The largest absolute Gasteiger partial charge is 0.416 e. The second-order valence-electron chi connectivity index (χ2n) is 11.5. The van der Waals surface area contributed by atoms with E-state index in [-0.39, 0.29) is 36.9 Å². The Labute approximate surface area is 250 Å². The van der Waals surface area contributed by atoms with Crippen LogP contribution in [0.25, 0.3) is 0 Å². The van der Waals surface area contributed by atoms with Gasteiger partial charge in [0.25, 0.3) is 0 Å². The van der Waals surface area contributed by atoms with Crippen molar-refractivity contribution in [3.05, 3.63) is 89.7 Å².